The normalized spacial score (nSPS) is 15.6. The summed E-state index contributed by atoms with van der Waals surface area (Å²) in [6.07, 6.45) is 1.31. The molecular formula is C16H9BrClN3O4. The monoisotopic (exact) mass is 421 g/mol. The average molecular weight is 423 g/mol. The van der Waals surface area contributed by atoms with Gasteiger partial charge in [0.25, 0.3) is 17.5 Å². The molecule has 1 aliphatic heterocycles. The standard InChI is InChI=1S/C16H9BrClN3O4/c17-13-6-1-9(8-14(13)21(24)25)7-12-15(22)19-20(16(12)23)11-4-2-10(18)3-5-11/h1-8H,(H,19,22). The van der Waals surface area contributed by atoms with Crippen molar-refractivity contribution in [3.05, 3.63) is 73.2 Å². The predicted octanol–water partition coefficient (Wildman–Crippen LogP) is 3.47. The lowest BCUT2D eigenvalue weighted by molar-refractivity contribution is -0.385. The summed E-state index contributed by atoms with van der Waals surface area (Å²) < 4.78 is 0.310. The number of carbonyl (C=O) groups is 2. The second-order valence-electron chi connectivity index (χ2n) is 5.08. The molecule has 0 atom stereocenters. The first kappa shape index (κ1) is 17.1. The van der Waals surface area contributed by atoms with Gasteiger partial charge in [-0.1, -0.05) is 17.7 Å². The molecule has 126 valence electrons. The highest BCUT2D eigenvalue weighted by Gasteiger charge is 2.34. The molecule has 9 heteroatoms. The Morgan fingerprint density at radius 2 is 1.84 bits per heavy atom. The number of nitro benzene ring substituents is 1. The molecule has 25 heavy (non-hydrogen) atoms. The molecule has 1 fully saturated rings. The summed E-state index contributed by atoms with van der Waals surface area (Å²) in [5.74, 6) is -1.15. The first-order valence-corrected chi connectivity index (χ1v) is 8.10. The summed E-state index contributed by atoms with van der Waals surface area (Å²) in [6, 6.07) is 10.7. The van der Waals surface area contributed by atoms with Crippen LogP contribution in [0.3, 0.4) is 0 Å². The number of hydrazine groups is 1. The minimum absolute atomic E-state index is 0.119. The third-order valence-corrected chi connectivity index (χ3v) is 4.38. The number of benzene rings is 2. The summed E-state index contributed by atoms with van der Waals surface area (Å²) in [5.41, 5.74) is 2.99. The maximum Gasteiger partial charge on any atom is 0.284 e. The number of halogens is 2. The molecule has 0 aromatic heterocycles. The molecule has 1 saturated heterocycles. The van der Waals surface area contributed by atoms with Crippen LogP contribution in [-0.2, 0) is 9.59 Å². The third kappa shape index (κ3) is 3.40. The van der Waals surface area contributed by atoms with Gasteiger partial charge in [-0.2, -0.15) is 0 Å². The molecule has 0 aliphatic carbocycles. The van der Waals surface area contributed by atoms with Gasteiger partial charge in [0.15, 0.2) is 0 Å². The van der Waals surface area contributed by atoms with Crippen molar-refractivity contribution < 1.29 is 14.5 Å². The Hall–Kier alpha value is -2.71. The average Bonchev–Trinajstić information content (AvgIpc) is 2.85. The van der Waals surface area contributed by atoms with Gasteiger partial charge in [-0.25, -0.2) is 5.01 Å². The SMILES string of the molecule is O=C1NN(c2ccc(Cl)cc2)C(=O)C1=Cc1ccc(Br)c([N+](=O)[O-])c1. The Labute approximate surface area is 155 Å². The highest BCUT2D eigenvalue weighted by Crippen LogP contribution is 2.28. The van der Waals surface area contributed by atoms with Crippen molar-refractivity contribution in [2.24, 2.45) is 0 Å². The molecule has 2 aromatic rings. The maximum absolute atomic E-state index is 12.5. The van der Waals surface area contributed by atoms with Crippen LogP contribution in [0, 0.1) is 10.1 Å². The summed E-state index contributed by atoms with van der Waals surface area (Å²) in [5, 5.41) is 12.6. The quantitative estimate of drug-likeness (QED) is 0.355. The molecule has 0 spiro atoms. The van der Waals surface area contributed by atoms with Crippen LogP contribution in [0.25, 0.3) is 6.08 Å². The van der Waals surface area contributed by atoms with Crippen molar-refractivity contribution in [2.75, 3.05) is 5.01 Å². The number of nitrogens with one attached hydrogen (secondary N) is 1. The van der Waals surface area contributed by atoms with E-state index < -0.39 is 16.7 Å². The first-order valence-electron chi connectivity index (χ1n) is 6.93. The Morgan fingerprint density at radius 3 is 2.48 bits per heavy atom. The molecule has 1 N–H and O–H groups in total. The Kier molecular flexibility index (Phi) is 4.56. The van der Waals surface area contributed by atoms with Crippen LogP contribution in [-0.4, -0.2) is 16.7 Å². The maximum atomic E-state index is 12.5. The molecular weight excluding hydrogens is 414 g/mol. The second-order valence-corrected chi connectivity index (χ2v) is 6.37. The summed E-state index contributed by atoms with van der Waals surface area (Å²) in [4.78, 5) is 35.0. The van der Waals surface area contributed by atoms with Crippen molar-refractivity contribution in [2.45, 2.75) is 0 Å². The largest absolute Gasteiger partial charge is 0.284 e. The van der Waals surface area contributed by atoms with Gasteiger partial charge in [0.05, 0.1) is 15.1 Å². The first-order chi connectivity index (χ1) is 11.9. The van der Waals surface area contributed by atoms with Crippen molar-refractivity contribution in [1.82, 2.24) is 5.43 Å². The van der Waals surface area contributed by atoms with Crippen molar-refractivity contribution in [1.29, 1.82) is 0 Å². The number of nitro groups is 1. The number of rotatable bonds is 3. The molecule has 3 rings (SSSR count). The molecule has 0 radical (unpaired) electrons. The van der Waals surface area contributed by atoms with E-state index in [1.165, 1.54) is 18.2 Å². The number of amides is 2. The molecule has 0 unspecified atom stereocenters. The van der Waals surface area contributed by atoms with E-state index in [4.69, 9.17) is 11.6 Å². The van der Waals surface area contributed by atoms with Crippen molar-refractivity contribution in [3.8, 4) is 0 Å². The highest BCUT2D eigenvalue weighted by molar-refractivity contribution is 9.10. The summed E-state index contributed by atoms with van der Waals surface area (Å²) in [7, 11) is 0. The smallest absolute Gasteiger partial charge is 0.267 e. The fourth-order valence-corrected chi connectivity index (χ4v) is 2.77. The number of hydrogen-bond donors (Lipinski definition) is 1. The van der Waals surface area contributed by atoms with Gasteiger partial charge in [0, 0.05) is 11.1 Å². The van der Waals surface area contributed by atoms with Crippen molar-refractivity contribution in [3.63, 3.8) is 0 Å². The molecule has 1 aliphatic rings. The van der Waals surface area contributed by atoms with E-state index in [0.29, 0.717) is 20.7 Å². The van der Waals surface area contributed by atoms with E-state index in [1.54, 1.807) is 30.3 Å². The topological polar surface area (TPSA) is 92.6 Å². The summed E-state index contributed by atoms with van der Waals surface area (Å²) in [6.45, 7) is 0. The predicted molar refractivity (Wildman–Crippen MR) is 95.9 cm³/mol. The Morgan fingerprint density at radius 1 is 1.16 bits per heavy atom. The molecule has 0 bridgehead atoms. The van der Waals surface area contributed by atoms with Crippen LogP contribution >= 0.6 is 27.5 Å². The number of anilines is 1. The zero-order valence-electron chi connectivity index (χ0n) is 12.4. The fraction of sp³-hybridized carbons (Fsp3) is 0. The van der Waals surface area contributed by atoms with Crippen LogP contribution in [0.1, 0.15) is 5.56 Å². The van der Waals surface area contributed by atoms with E-state index in [-0.39, 0.29) is 11.3 Å². The third-order valence-electron chi connectivity index (χ3n) is 3.45. The molecule has 1 heterocycles. The van der Waals surface area contributed by atoms with Crippen LogP contribution in [0.4, 0.5) is 11.4 Å². The lowest BCUT2D eigenvalue weighted by atomic mass is 10.1. The minimum Gasteiger partial charge on any atom is -0.267 e. The second kappa shape index (κ2) is 6.66. The fourth-order valence-electron chi connectivity index (χ4n) is 2.26. The Bertz CT molecular complexity index is 927. The van der Waals surface area contributed by atoms with Gasteiger partial charge in [0.2, 0.25) is 0 Å². The molecule has 0 saturated carbocycles. The van der Waals surface area contributed by atoms with Gasteiger partial charge in [-0.3, -0.25) is 25.1 Å². The van der Waals surface area contributed by atoms with E-state index in [1.807, 2.05) is 0 Å². The van der Waals surface area contributed by atoms with Gasteiger partial charge >= 0.3 is 0 Å². The lowest BCUT2D eigenvalue weighted by Gasteiger charge is -2.14. The van der Waals surface area contributed by atoms with E-state index in [0.717, 1.165) is 5.01 Å². The molecule has 7 nitrogen and oxygen atoms in total. The van der Waals surface area contributed by atoms with Gasteiger partial charge in [-0.15, -0.1) is 0 Å². The number of hydrogen-bond acceptors (Lipinski definition) is 4. The van der Waals surface area contributed by atoms with Gasteiger partial charge < -0.3 is 0 Å². The highest BCUT2D eigenvalue weighted by atomic mass is 79.9. The van der Waals surface area contributed by atoms with Crippen LogP contribution in [0.2, 0.25) is 5.02 Å². The molecule has 2 aromatic carbocycles. The minimum atomic E-state index is -0.592. The number of carbonyl (C=O) groups excluding carboxylic acids is 2. The van der Waals surface area contributed by atoms with Crippen LogP contribution in [0.5, 0.6) is 0 Å². The number of nitrogens with zero attached hydrogens (tertiary/aromatic N) is 2. The Balaban J connectivity index is 1.95. The van der Waals surface area contributed by atoms with E-state index in [2.05, 4.69) is 21.4 Å². The van der Waals surface area contributed by atoms with Crippen LogP contribution < -0.4 is 10.4 Å². The molecule has 2 amide bonds. The van der Waals surface area contributed by atoms with Gasteiger partial charge in [0.1, 0.15) is 5.57 Å². The zero-order chi connectivity index (χ0) is 18.1. The van der Waals surface area contributed by atoms with E-state index in [9.17, 15) is 19.7 Å². The van der Waals surface area contributed by atoms with Crippen molar-refractivity contribution >= 4 is 56.8 Å². The zero-order valence-corrected chi connectivity index (χ0v) is 14.7. The summed E-state index contributed by atoms with van der Waals surface area (Å²) >= 11 is 8.90. The van der Waals surface area contributed by atoms with Crippen LogP contribution in [0.15, 0.2) is 52.5 Å². The van der Waals surface area contributed by atoms with E-state index >= 15 is 0 Å². The lowest BCUT2D eigenvalue weighted by Crippen LogP contribution is -2.35. The van der Waals surface area contributed by atoms with Gasteiger partial charge in [-0.05, 0) is 57.9 Å².